The van der Waals surface area contributed by atoms with Crippen LogP contribution in [-0.4, -0.2) is 33.1 Å². The van der Waals surface area contributed by atoms with E-state index in [1.54, 1.807) is 0 Å². The normalized spacial score (nSPS) is 14.7. The van der Waals surface area contributed by atoms with Crippen molar-refractivity contribution in [2.75, 3.05) is 13.2 Å². The van der Waals surface area contributed by atoms with Crippen LogP contribution in [-0.2, 0) is 21.6 Å². The van der Waals surface area contributed by atoms with Crippen LogP contribution in [0.3, 0.4) is 0 Å². The van der Waals surface area contributed by atoms with Crippen molar-refractivity contribution in [2.45, 2.75) is 26.0 Å². The lowest BCUT2D eigenvalue weighted by atomic mass is 9.91. The number of aromatic nitrogens is 4. The van der Waals surface area contributed by atoms with Crippen LogP contribution in [0, 0.1) is 13.8 Å². The van der Waals surface area contributed by atoms with E-state index in [-0.39, 0.29) is 0 Å². The Morgan fingerprint density at radius 2 is 1.84 bits per heavy atom. The number of ether oxygens (including phenoxy) is 2. The number of benzene rings is 2. The molecule has 0 spiro atoms. The lowest BCUT2D eigenvalue weighted by molar-refractivity contribution is -0.188. The molecule has 1 fully saturated rings. The number of aryl methyl sites for hydroxylation is 2. The maximum absolute atomic E-state index is 5.70. The largest absolute Gasteiger partial charge is 0.486 e. The van der Waals surface area contributed by atoms with Crippen molar-refractivity contribution in [3.8, 4) is 23.0 Å². The second-order valence-electron chi connectivity index (χ2n) is 8.09. The lowest BCUT2D eigenvalue weighted by Crippen LogP contribution is -2.47. The van der Waals surface area contributed by atoms with Gasteiger partial charge in [-0.05, 0) is 25.5 Å². The number of hydrogen-bond donors (Lipinski definition) is 0. The molecule has 7 nitrogen and oxygen atoms in total. The summed E-state index contributed by atoms with van der Waals surface area (Å²) in [7, 11) is 0. The van der Waals surface area contributed by atoms with Gasteiger partial charge in [0.05, 0.1) is 26.0 Å². The van der Waals surface area contributed by atoms with Crippen LogP contribution in [0.5, 0.6) is 0 Å². The summed E-state index contributed by atoms with van der Waals surface area (Å²) < 4.78 is 18.5. The Bertz CT molecular complexity index is 1240. The summed E-state index contributed by atoms with van der Waals surface area (Å²) in [5.41, 5.74) is 5.55. The second-order valence-corrected chi connectivity index (χ2v) is 8.09. The summed E-state index contributed by atoms with van der Waals surface area (Å²) in [5, 5.41) is 8.82. The third-order valence-corrected chi connectivity index (χ3v) is 5.73. The fourth-order valence-electron chi connectivity index (χ4n) is 3.76. The summed E-state index contributed by atoms with van der Waals surface area (Å²) in [4.78, 5) is 4.56. The highest BCUT2D eigenvalue weighted by Gasteiger charge is 2.42. The van der Waals surface area contributed by atoms with Gasteiger partial charge >= 0.3 is 0 Å². The van der Waals surface area contributed by atoms with Gasteiger partial charge in [-0.1, -0.05) is 65.8 Å². The average Bonchev–Trinajstić information content (AvgIpc) is 3.40. The van der Waals surface area contributed by atoms with Crippen LogP contribution < -0.4 is 0 Å². The molecule has 32 heavy (non-hydrogen) atoms. The molecule has 0 aliphatic carbocycles. The Hall–Kier alpha value is -3.71. The monoisotopic (exact) mass is 428 g/mol. The van der Waals surface area contributed by atoms with E-state index in [9.17, 15) is 0 Å². The minimum atomic E-state index is -0.454. The van der Waals surface area contributed by atoms with E-state index in [0.29, 0.717) is 37.2 Å². The van der Waals surface area contributed by atoms with Crippen LogP contribution in [0.1, 0.15) is 22.4 Å². The van der Waals surface area contributed by atoms with Crippen molar-refractivity contribution in [2.24, 2.45) is 0 Å². The highest BCUT2D eigenvalue weighted by atomic mass is 16.6. The minimum absolute atomic E-state index is 0.397. The molecular formula is C25H24N4O3. The summed E-state index contributed by atoms with van der Waals surface area (Å²) in [6.45, 7) is 9.47. The highest BCUT2D eigenvalue weighted by molar-refractivity contribution is 5.58. The van der Waals surface area contributed by atoms with E-state index in [0.717, 1.165) is 16.8 Å². The predicted octanol–water partition coefficient (Wildman–Crippen LogP) is 4.65. The zero-order chi connectivity index (χ0) is 22.1. The van der Waals surface area contributed by atoms with Gasteiger partial charge in [-0.3, -0.25) is 4.68 Å². The van der Waals surface area contributed by atoms with Crippen molar-refractivity contribution in [3.05, 3.63) is 89.8 Å². The summed E-state index contributed by atoms with van der Waals surface area (Å²) in [6, 6.07) is 18.3. The van der Waals surface area contributed by atoms with Gasteiger partial charge in [-0.15, -0.1) is 0 Å². The van der Waals surface area contributed by atoms with Gasteiger partial charge in [0.25, 0.3) is 5.89 Å². The van der Waals surface area contributed by atoms with Crippen LogP contribution in [0.4, 0.5) is 0 Å². The number of nitrogens with zero attached hydrogens (tertiary/aromatic N) is 4. The summed E-state index contributed by atoms with van der Waals surface area (Å²) in [6.07, 6.45) is 1.46. The Morgan fingerprint density at radius 3 is 2.50 bits per heavy atom. The first kappa shape index (κ1) is 20.2. The maximum Gasteiger partial charge on any atom is 0.278 e. The Kier molecular flexibility index (Phi) is 5.11. The molecule has 1 aliphatic heterocycles. The van der Waals surface area contributed by atoms with Crippen LogP contribution >= 0.6 is 0 Å². The van der Waals surface area contributed by atoms with Gasteiger partial charge in [-0.2, -0.15) is 10.1 Å². The molecule has 5 rings (SSSR count). The van der Waals surface area contributed by atoms with E-state index >= 15 is 0 Å². The summed E-state index contributed by atoms with van der Waals surface area (Å²) in [5.74, 6) is 0.912. The van der Waals surface area contributed by atoms with Crippen LogP contribution in [0.25, 0.3) is 23.0 Å². The van der Waals surface area contributed by atoms with E-state index in [4.69, 9.17) is 14.0 Å². The molecule has 4 aromatic rings. The predicted molar refractivity (Wildman–Crippen MR) is 120 cm³/mol. The number of hydrogen-bond acceptors (Lipinski definition) is 6. The van der Waals surface area contributed by atoms with Gasteiger partial charge in [0, 0.05) is 16.8 Å². The van der Waals surface area contributed by atoms with Gasteiger partial charge < -0.3 is 14.0 Å². The third-order valence-electron chi connectivity index (χ3n) is 5.73. The lowest BCUT2D eigenvalue weighted by Gasteiger charge is -2.40. The molecule has 0 saturated carbocycles. The molecule has 2 aromatic heterocycles. The van der Waals surface area contributed by atoms with Crippen molar-refractivity contribution in [1.29, 1.82) is 0 Å². The quantitative estimate of drug-likeness (QED) is 0.399. The molecule has 1 aliphatic rings. The second kappa shape index (κ2) is 8.09. The van der Waals surface area contributed by atoms with Gasteiger partial charge in [0.2, 0.25) is 5.82 Å². The van der Waals surface area contributed by atoms with Crippen molar-refractivity contribution in [3.63, 3.8) is 0 Å². The zero-order valence-corrected chi connectivity index (χ0v) is 18.1. The Labute approximate surface area is 186 Å². The highest BCUT2D eigenvalue weighted by Crippen LogP contribution is 2.35. The molecule has 2 aromatic carbocycles. The van der Waals surface area contributed by atoms with Gasteiger partial charge in [0.15, 0.2) is 11.3 Å². The Morgan fingerprint density at radius 1 is 1.09 bits per heavy atom. The van der Waals surface area contributed by atoms with Crippen LogP contribution in [0.15, 0.2) is 72.0 Å². The fourth-order valence-corrected chi connectivity index (χ4v) is 3.76. The van der Waals surface area contributed by atoms with E-state index in [1.807, 2.05) is 41.9 Å². The third kappa shape index (κ3) is 3.71. The first-order valence-electron chi connectivity index (χ1n) is 10.5. The SMILES string of the molecule is C=COC1(c2ccc(-c3noc(-c4cc(C)n(Cc5ccc(C)cc5)n4)n3)cc2)COC1. The molecule has 3 heterocycles. The first-order chi connectivity index (χ1) is 15.6. The van der Waals surface area contributed by atoms with E-state index in [2.05, 4.69) is 53.0 Å². The first-order valence-corrected chi connectivity index (χ1v) is 10.5. The van der Waals surface area contributed by atoms with Crippen molar-refractivity contribution in [1.82, 2.24) is 19.9 Å². The Balaban J connectivity index is 1.35. The topological polar surface area (TPSA) is 75.2 Å². The molecule has 0 atom stereocenters. The van der Waals surface area contributed by atoms with Gasteiger partial charge in [0.1, 0.15) is 0 Å². The smallest absolute Gasteiger partial charge is 0.278 e. The zero-order valence-electron chi connectivity index (χ0n) is 18.1. The van der Waals surface area contributed by atoms with Crippen molar-refractivity contribution >= 4 is 0 Å². The van der Waals surface area contributed by atoms with Crippen LogP contribution in [0.2, 0.25) is 0 Å². The average molecular weight is 428 g/mol. The van der Waals surface area contributed by atoms with E-state index in [1.165, 1.54) is 17.4 Å². The molecule has 162 valence electrons. The van der Waals surface area contributed by atoms with Crippen molar-refractivity contribution < 1.29 is 14.0 Å². The molecule has 0 unspecified atom stereocenters. The standard InChI is InChI=1S/C25H24N4O3/c1-4-31-25(15-30-16-25)21-11-9-20(10-12-21)23-26-24(32-28-23)22-13-18(3)29(27-22)14-19-7-5-17(2)6-8-19/h4-13H,1,14-16H2,2-3H3. The molecule has 0 amide bonds. The maximum atomic E-state index is 5.70. The molecule has 7 heteroatoms. The molecule has 0 N–H and O–H groups in total. The van der Waals surface area contributed by atoms with Gasteiger partial charge in [-0.25, -0.2) is 0 Å². The van der Waals surface area contributed by atoms with E-state index < -0.39 is 5.60 Å². The molecule has 1 saturated heterocycles. The minimum Gasteiger partial charge on any atom is -0.486 e. The summed E-state index contributed by atoms with van der Waals surface area (Å²) >= 11 is 0. The molecular weight excluding hydrogens is 404 g/mol. The fraction of sp³-hybridized carbons (Fsp3) is 0.240. The molecule has 0 radical (unpaired) electrons. The number of rotatable bonds is 7. The molecule has 0 bridgehead atoms.